The number of rotatable bonds is 10. The van der Waals surface area contributed by atoms with E-state index < -0.39 is 12.4 Å². The molecule has 12 heteroatoms. The van der Waals surface area contributed by atoms with Crippen LogP contribution in [0.3, 0.4) is 0 Å². The van der Waals surface area contributed by atoms with Gasteiger partial charge in [0.25, 0.3) is 0 Å². The van der Waals surface area contributed by atoms with Gasteiger partial charge in [-0.3, -0.25) is 4.90 Å². The van der Waals surface area contributed by atoms with Crippen molar-refractivity contribution in [2.24, 2.45) is 0 Å². The number of nitrogens with zero attached hydrogens (tertiary/aromatic N) is 3. The van der Waals surface area contributed by atoms with E-state index in [1.165, 1.54) is 6.07 Å². The van der Waals surface area contributed by atoms with Crippen LogP contribution in [0.5, 0.6) is 11.5 Å². The maximum absolute atomic E-state index is 14.6. The zero-order valence-electron chi connectivity index (χ0n) is 22.8. The largest absolute Gasteiger partial charge is 0.486 e. The molecular weight excluding hydrogens is 513 g/mol. The van der Waals surface area contributed by atoms with E-state index in [0.29, 0.717) is 38.2 Å². The van der Waals surface area contributed by atoms with E-state index in [4.69, 9.17) is 9.47 Å². The second kappa shape index (κ2) is 12.0. The van der Waals surface area contributed by atoms with Crippen LogP contribution in [0.2, 0.25) is 0 Å². The summed E-state index contributed by atoms with van der Waals surface area (Å²) in [5.74, 6) is -0.362. The molecule has 0 saturated carbocycles. The minimum Gasteiger partial charge on any atom is -0.486 e. The number of hydrogen-bond acceptors (Lipinski definition) is 9. The van der Waals surface area contributed by atoms with Crippen LogP contribution < -0.4 is 25.4 Å². The van der Waals surface area contributed by atoms with Crippen molar-refractivity contribution in [2.75, 3.05) is 30.3 Å². The summed E-state index contributed by atoms with van der Waals surface area (Å²) in [7, 11) is 0. The zero-order valence-corrected chi connectivity index (χ0v) is 22.8. The lowest BCUT2D eigenvalue weighted by molar-refractivity contribution is -0.109. The third-order valence-corrected chi connectivity index (χ3v) is 6.85. The van der Waals surface area contributed by atoms with Gasteiger partial charge in [-0.1, -0.05) is 0 Å². The Labute approximate surface area is 226 Å². The van der Waals surface area contributed by atoms with Crippen LogP contribution in [0.4, 0.5) is 30.6 Å². The van der Waals surface area contributed by atoms with E-state index in [2.05, 4.69) is 53.6 Å². The fraction of sp³-hybridized carbons (Fsp3) is 0.593. The van der Waals surface area contributed by atoms with E-state index in [-0.39, 0.29) is 46.5 Å². The summed E-state index contributed by atoms with van der Waals surface area (Å²) in [5.41, 5.74) is 0.101. The summed E-state index contributed by atoms with van der Waals surface area (Å²) in [5, 5.41) is 9.75. The number of anilines is 3. The van der Waals surface area contributed by atoms with Gasteiger partial charge in [0.1, 0.15) is 12.4 Å². The molecule has 2 fully saturated rings. The molecule has 0 aliphatic carbocycles. The third kappa shape index (κ3) is 8.18. The van der Waals surface area contributed by atoms with Crippen LogP contribution in [0.15, 0.2) is 24.4 Å². The average molecular weight is 551 g/mol. The molecule has 1 aromatic heterocycles. The number of halogens is 3. The normalized spacial score (nSPS) is 20.0. The molecule has 3 N–H and O–H groups in total. The Balaban J connectivity index is 1.46. The van der Waals surface area contributed by atoms with Gasteiger partial charge in [-0.15, -0.1) is 0 Å². The van der Waals surface area contributed by atoms with Crippen LogP contribution in [0, 0.1) is 5.82 Å². The quantitative estimate of drug-likeness (QED) is 0.363. The minimum atomic E-state index is -3.05. The summed E-state index contributed by atoms with van der Waals surface area (Å²) in [6.07, 6.45) is 4.61. The van der Waals surface area contributed by atoms with Gasteiger partial charge >= 0.3 is 6.61 Å². The number of carbonyl (C=O) groups excluding carboxylic acids is 1. The van der Waals surface area contributed by atoms with Crippen molar-refractivity contribution in [1.82, 2.24) is 20.2 Å². The van der Waals surface area contributed by atoms with Crippen molar-refractivity contribution in [1.29, 1.82) is 0 Å². The van der Waals surface area contributed by atoms with Gasteiger partial charge in [0.05, 0.1) is 12.7 Å². The Morgan fingerprint density at radius 3 is 2.49 bits per heavy atom. The molecule has 2 saturated heterocycles. The summed E-state index contributed by atoms with van der Waals surface area (Å²) < 4.78 is 51.7. The van der Waals surface area contributed by atoms with Crippen molar-refractivity contribution in [3.05, 3.63) is 30.2 Å². The van der Waals surface area contributed by atoms with Gasteiger partial charge < -0.3 is 30.2 Å². The molecule has 1 aromatic carbocycles. The molecule has 0 bridgehead atoms. The fourth-order valence-electron chi connectivity index (χ4n) is 5.64. The topological polar surface area (TPSA) is 101 Å². The Morgan fingerprint density at radius 1 is 1.15 bits per heavy atom. The number of aromatic nitrogens is 2. The van der Waals surface area contributed by atoms with E-state index in [9.17, 15) is 18.0 Å². The minimum absolute atomic E-state index is 0.0127. The van der Waals surface area contributed by atoms with Gasteiger partial charge in [-0.2, -0.15) is 13.8 Å². The number of likely N-dealkylation sites (tertiary alicyclic amines) is 1. The molecule has 4 rings (SSSR count). The van der Waals surface area contributed by atoms with Gasteiger partial charge in [-0.25, -0.2) is 9.37 Å². The van der Waals surface area contributed by atoms with Crippen LogP contribution in [0.25, 0.3) is 0 Å². The van der Waals surface area contributed by atoms with Crippen LogP contribution in [-0.4, -0.2) is 70.6 Å². The summed E-state index contributed by atoms with van der Waals surface area (Å²) in [6, 6.07) is 4.54. The lowest BCUT2D eigenvalue weighted by Crippen LogP contribution is -2.60. The van der Waals surface area contributed by atoms with Crippen LogP contribution in [0.1, 0.15) is 53.4 Å². The number of alkyl halides is 2. The molecule has 0 atom stereocenters. The molecule has 2 aliphatic rings. The molecule has 0 radical (unpaired) electrons. The first-order chi connectivity index (χ1) is 18.4. The first-order valence-electron chi connectivity index (χ1n) is 13.2. The van der Waals surface area contributed by atoms with Crippen molar-refractivity contribution in [2.45, 2.75) is 83.2 Å². The van der Waals surface area contributed by atoms with Crippen molar-refractivity contribution in [3.8, 4) is 11.5 Å². The number of hydrogen-bond donors (Lipinski definition) is 3. The van der Waals surface area contributed by atoms with Crippen LogP contribution in [-0.2, 0) is 4.79 Å². The Bertz CT molecular complexity index is 1130. The van der Waals surface area contributed by atoms with Gasteiger partial charge in [0.15, 0.2) is 23.1 Å². The fourth-order valence-corrected chi connectivity index (χ4v) is 5.64. The van der Waals surface area contributed by atoms with Crippen molar-refractivity contribution < 1.29 is 27.4 Å². The molecule has 3 heterocycles. The maximum atomic E-state index is 14.6. The first kappa shape index (κ1) is 28.9. The maximum Gasteiger partial charge on any atom is 0.387 e. The second-order valence-corrected chi connectivity index (χ2v) is 11.5. The molecule has 2 aliphatic heterocycles. The highest BCUT2D eigenvalue weighted by Gasteiger charge is 2.38. The van der Waals surface area contributed by atoms with E-state index >= 15 is 0 Å². The molecule has 0 spiro atoms. The molecule has 2 aromatic rings. The first-order valence-corrected chi connectivity index (χ1v) is 13.2. The number of carbonyl (C=O) groups is 1. The average Bonchev–Trinajstić information content (AvgIpc) is 2.82. The SMILES string of the molecule is CC1(C)CC(Nc2nc(Nc3ccc(OC4CCN(CC=O)CC4)c(OC(F)F)c3)ncc2F)CC(C)(C)N1. The highest BCUT2D eigenvalue weighted by Crippen LogP contribution is 2.35. The summed E-state index contributed by atoms with van der Waals surface area (Å²) in [6.45, 7) is 7.10. The predicted octanol–water partition coefficient (Wildman–Crippen LogP) is 4.72. The number of piperidine rings is 2. The molecular formula is C27H37F3N6O3. The highest BCUT2D eigenvalue weighted by atomic mass is 19.3. The van der Waals surface area contributed by atoms with E-state index in [0.717, 1.165) is 25.3 Å². The van der Waals surface area contributed by atoms with E-state index in [1.807, 2.05) is 4.90 Å². The Kier molecular flexibility index (Phi) is 8.85. The molecule has 0 amide bonds. The molecule has 9 nitrogen and oxygen atoms in total. The number of benzene rings is 1. The van der Waals surface area contributed by atoms with Gasteiger partial charge in [0, 0.05) is 42.0 Å². The standard InChI is InChI=1S/C27H37F3N6O3/c1-26(2)14-18(15-27(3,4)35-26)32-23-20(28)16-31-25(34-23)33-17-5-6-21(22(13-17)39-24(29)30)38-19-7-9-36(10-8-19)11-12-37/h5-6,12-13,16,18-19,24,35H,7-11,14-15H2,1-4H3,(H2,31,32,33,34). The second-order valence-electron chi connectivity index (χ2n) is 11.5. The lowest BCUT2D eigenvalue weighted by Gasteiger charge is -2.46. The summed E-state index contributed by atoms with van der Waals surface area (Å²) in [4.78, 5) is 21.1. The third-order valence-electron chi connectivity index (χ3n) is 6.85. The molecule has 0 unspecified atom stereocenters. The number of aldehydes is 1. The summed E-state index contributed by atoms with van der Waals surface area (Å²) >= 11 is 0. The highest BCUT2D eigenvalue weighted by molar-refractivity contribution is 5.60. The predicted molar refractivity (Wildman–Crippen MR) is 142 cm³/mol. The zero-order chi connectivity index (χ0) is 28.2. The Hall–Kier alpha value is -3.12. The number of nitrogens with one attached hydrogen (secondary N) is 3. The lowest BCUT2D eigenvalue weighted by atomic mass is 9.79. The van der Waals surface area contributed by atoms with Gasteiger partial charge in [0.2, 0.25) is 5.95 Å². The monoisotopic (exact) mass is 550 g/mol. The van der Waals surface area contributed by atoms with E-state index in [1.54, 1.807) is 12.1 Å². The number of ether oxygens (including phenoxy) is 2. The van der Waals surface area contributed by atoms with Gasteiger partial charge in [-0.05, 0) is 65.5 Å². The van der Waals surface area contributed by atoms with Crippen molar-refractivity contribution >= 4 is 23.7 Å². The smallest absolute Gasteiger partial charge is 0.387 e. The van der Waals surface area contributed by atoms with Crippen LogP contribution >= 0.6 is 0 Å². The molecule has 39 heavy (non-hydrogen) atoms. The Morgan fingerprint density at radius 2 is 1.85 bits per heavy atom. The molecule has 214 valence electrons. The van der Waals surface area contributed by atoms with Crippen molar-refractivity contribution in [3.63, 3.8) is 0 Å².